The quantitative estimate of drug-likeness (QED) is 0.226. The Hall–Kier alpha value is -4.29. The molecule has 42 heavy (non-hydrogen) atoms. The first kappa shape index (κ1) is 27.9. The van der Waals surface area contributed by atoms with Crippen molar-refractivity contribution in [3.05, 3.63) is 65.3 Å². The van der Waals surface area contributed by atoms with Crippen molar-refractivity contribution in [2.75, 3.05) is 37.3 Å². The van der Waals surface area contributed by atoms with Gasteiger partial charge in [0.05, 0.1) is 5.69 Å². The van der Waals surface area contributed by atoms with Gasteiger partial charge in [-0.15, -0.1) is 11.3 Å². The van der Waals surface area contributed by atoms with E-state index in [0.29, 0.717) is 46.2 Å². The number of carbonyl (C=O) groups is 2. The van der Waals surface area contributed by atoms with E-state index >= 15 is 0 Å². The van der Waals surface area contributed by atoms with Gasteiger partial charge in [0.25, 0.3) is 5.91 Å². The lowest BCUT2D eigenvalue weighted by Gasteiger charge is -2.32. The SMILES string of the molecule is Cc1csc(NC(=O)c2ccc(Oc3ccnc4[nH]nc(N[C@@H]5CCCN(C(=O)/C=C/CN(C)C6CC6)C5)c34)cc2)n1. The number of aromatic nitrogens is 4. The molecule has 12 heteroatoms. The van der Waals surface area contributed by atoms with Crippen LogP contribution in [0.25, 0.3) is 11.0 Å². The number of piperidine rings is 1. The molecule has 3 N–H and O–H groups in total. The third-order valence-electron chi connectivity index (χ3n) is 7.50. The molecule has 4 aromatic rings. The summed E-state index contributed by atoms with van der Waals surface area (Å²) in [6, 6.07) is 9.43. The number of aryl methyl sites for hydroxylation is 1. The van der Waals surface area contributed by atoms with Crippen molar-refractivity contribution in [1.82, 2.24) is 30.0 Å². The number of fused-ring (bicyclic) bond motifs is 1. The Morgan fingerprint density at radius 3 is 2.81 bits per heavy atom. The van der Waals surface area contributed by atoms with Gasteiger partial charge < -0.3 is 15.0 Å². The van der Waals surface area contributed by atoms with Crippen LogP contribution in [0.1, 0.15) is 41.7 Å². The van der Waals surface area contributed by atoms with E-state index in [1.165, 1.54) is 24.2 Å². The zero-order chi connectivity index (χ0) is 29.1. The van der Waals surface area contributed by atoms with Gasteiger partial charge in [0.2, 0.25) is 5.91 Å². The van der Waals surface area contributed by atoms with Crippen LogP contribution in [0.2, 0.25) is 0 Å². The number of ether oxygens (including phenoxy) is 1. The average Bonchev–Trinajstić information content (AvgIpc) is 3.66. The molecule has 2 amide bonds. The number of pyridine rings is 1. The molecule has 2 aliphatic rings. The second-order valence-electron chi connectivity index (χ2n) is 10.8. The van der Waals surface area contributed by atoms with Gasteiger partial charge in [-0.1, -0.05) is 6.08 Å². The molecule has 1 aromatic carbocycles. The van der Waals surface area contributed by atoms with Crippen molar-refractivity contribution in [2.45, 2.75) is 44.7 Å². The number of hydrogen-bond donors (Lipinski definition) is 3. The number of amides is 2. The normalized spacial score (nSPS) is 17.2. The highest BCUT2D eigenvalue weighted by Gasteiger charge is 2.26. The number of likely N-dealkylation sites (N-methyl/N-ethyl adjacent to an activating group) is 1. The molecule has 1 saturated heterocycles. The minimum Gasteiger partial charge on any atom is -0.456 e. The van der Waals surface area contributed by atoms with Gasteiger partial charge in [-0.2, -0.15) is 5.10 Å². The van der Waals surface area contributed by atoms with Crippen molar-refractivity contribution in [2.24, 2.45) is 0 Å². The molecule has 1 aliphatic carbocycles. The number of aromatic amines is 1. The number of thiazole rings is 1. The van der Waals surface area contributed by atoms with E-state index in [1.54, 1.807) is 42.6 Å². The van der Waals surface area contributed by atoms with Gasteiger partial charge in [-0.3, -0.25) is 24.9 Å². The van der Waals surface area contributed by atoms with Crippen LogP contribution in [0.5, 0.6) is 11.5 Å². The topological polar surface area (TPSA) is 128 Å². The molecule has 0 spiro atoms. The van der Waals surface area contributed by atoms with Crippen molar-refractivity contribution in [3.63, 3.8) is 0 Å². The number of likely N-dealkylation sites (tertiary alicyclic amines) is 1. The number of anilines is 2. The molecular weight excluding hydrogens is 552 g/mol. The number of carbonyl (C=O) groups excluding carboxylic acids is 2. The highest BCUT2D eigenvalue weighted by molar-refractivity contribution is 7.13. The summed E-state index contributed by atoms with van der Waals surface area (Å²) in [5.74, 6) is 1.60. The second-order valence-corrected chi connectivity index (χ2v) is 11.7. The molecule has 218 valence electrons. The molecule has 3 aromatic heterocycles. The summed E-state index contributed by atoms with van der Waals surface area (Å²) in [5.41, 5.74) is 1.96. The number of nitrogens with zero attached hydrogens (tertiary/aromatic N) is 5. The Bertz CT molecular complexity index is 1590. The summed E-state index contributed by atoms with van der Waals surface area (Å²) in [7, 11) is 2.11. The van der Waals surface area contributed by atoms with E-state index in [-0.39, 0.29) is 17.9 Å². The first-order valence-electron chi connectivity index (χ1n) is 14.2. The predicted molar refractivity (Wildman–Crippen MR) is 163 cm³/mol. The molecule has 1 atom stereocenters. The number of H-pyrrole nitrogens is 1. The fraction of sp³-hybridized carbons (Fsp3) is 0.367. The van der Waals surface area contributed by atoms with E-state index in [1.807, 2.05) is 23.3 Å². The molecular formula is C30H34N8O3S. The lowest BCUT2D eigenvalue weighted by molar-refractivity contribution is -0.127. The Morgan fingerprint density at radius 1 is 1.21 bits per heavy atom. The fourth-order valence-corrected chi connectivity index (χ4v) is 5.76. The first-order chi connectivity index (χ1) is 20.4. The highest BCUT2D eigenvalue weighted by Crippen LogP contribution is 2.34. The van der Waals surface area contributed by atoms with Crippen molar-refractivity contribution < 1.29 is 14.3 Å². The van der Waals surface area contributed by atoms with Crippen molar-refractivity contribution in [1.29, 1.82) is 0 Å². The fourth-order valence-electron chi connectivity index (χ4n) is 5.07. The Labute approximate surface area is 248 Å². The Balaban J connectivity index is 1.10. The summed E-state index contributed by atoms with van der Waals surface area (Å²) >= 11 is 1.39. The molecule has 2 fully saturated rings. The molecule has 11 nitrogen and oxygen atoms in total. The van der Waals surface area contributed by atoms with E-state index < -0.39 is 0 Å². The Morgan fingerprint density at radius 2 is 2.05 bits per heavy atom. The van der Waals surface area contributed by atoms with Crippen LogP contribution in [0.15, 0.2) is 54.1 Å². The van der Waals surface area contributed by atoms with Crippen LogP contribution in [-0.2, 0) is 4.79 Å². The third-order valence-corrected chi connectivity index (χ3v) is 8.38. The van der Waals surface area contributed by atoms with Crippen LogP contribution in [0, 0.1) is 6.92 Å². The standard InChI is InChI=1S/C30H34N8O3S/c1-19-18-42-30(32-19)34-29(40)20-7-11-23(12-8-20)41-24-13-14-31-27-26(24)28(36-35-27)33-21-5-3-16-38(17-21)25(39)6-4-15-37(2)22-9-10-22/h4,6-8,11-14,18,21-22H,3,5,9-10,15-17H2,1-2H3,(H,32,34,40)(H2,31,33,35,36)/b6-4+/t21-/m1/s1. The largest absolute Gasteiger partial charge is 0.456 e. The number of hydrogen-bond acceptors (Lipinski definition) is 9. The van der Waals surface area contributed by atoms with Crippen LogP contribution >= 0.6 is 11.3 Å². The zero-order valence-electron chi connectivity index (χ0n) is 23.7. The lowest BCUT2D eigenvalue weighted by Crippen LogP contribution is -2.44. The Kier molecular flexibility index (Phi) is 8.15. The number of nitrogens with one attached hydrogen (secondary N) is 3. The van der Waals surface area contributed by atoms with E-state index in [9.17, 15) is 9.59 Å². The average molecular weight is 587 g/mol. The number of benzene rings is 1. The van der Waals surface area contributed by atoms with E-state index in [2.05, 4.69) is 42.7 Å². The van der Waals surface area contributed by atoms with Crippen LogP contribution < -0.4 is 15.4 Å². The van der Waals surface area contributed by atoms with Crippen molar-refractivity contribution >= 4 is 45.1 Å². The second kappa shape index (κ2) is 12.3. The maximum atomic E-state index is 12.9. The summed E-state index contributed by atoms with van der Waals surface area (Å²) in [4.78, 5) is 38.3. The monoisotopic (exact) mass is 586 g/mol. The zero-order valence-corrected chi connectivity index (χ0v) is 24.5. The summed E-state index contributed by atoms with van der Waals surface area (Å²) in [6.45, 7) is 4.02. The summed E-state index contributed by atoms with van der Waals surface area (Å²) in [5, 5.41) is 17.0. The third kappa shape index (κ3) is 6.60. The minimum atomic E-state index is -0.232. The van der Waals surface area contributed by atoms with E-state index in [0.717, 1.165) is 37.0 Å². The highest BCUT2D eigenvalue weighted by atomic mass is 32.1. The molecule has 0 bridgehead atoms. The molecule has 6 rings (SSSR count). The van der Waals surface area contributed by atoms with Gasteiger partial charge in [0.1, 0.15) is 16.9 Å². The molecule has 4 heterocycles. The van der Waals surface area contributed by atoms with Crippen molar-refractivity contribution in [3.8, 4) is 11.5 Å². The van der Waals surface area contributed by atoms with Gasteiger partial charge in [0.15, 0.2) is 16.6 Å². The maximum absolute atomic E-state index is 12.9. The van der Waals surface area contributed by atoms with Crippen LogP contribution in [0.3, 0.4) is 0 Å². The number of rotatable bonds is 10. The van der Waals surface area contributed by atoms with Gasteiger partial charge in [-0.05, 0) is 63.9 Å². The predicted octanol–water partition coefficient (Wildman–Crippen LogP) is 4.82. The maximum Gasteiger partial charge on any atom is 0.257 e. The van der Waals surface area contributed by atoms with Gasteiger partial charge in [0, 0.05) is 61.0 Å². The van der Waals surface area contributed by atoms with Gasteiger partial charge in [-0.25, -0.2) is 9.97 Å². The molecule has 0 radical (unpaired) electrons. The molecule has 1 saturated carbocycles. The molecule has 0 unspecified atom stereocenters. The van der Waals surface area contributed by atoms with Crippen LogP contribution in [0.4, 0.5) is 10.9 Å². The summed E-state index contributed by atoms with van der Waals surface area (Å²) < 4.78 is 6.22. The lowest BCUT2D eigenvalue weighted by atomic mass is 10.1. The molecule has 1 aliphatic heterocycles. The van der Waals surface area contributed by atoms with Gasteiger partial charge >= 0.3 is 0 Å². The first-order valence-corrected chi connectivity index (χ1v) is 15.1. The smallest absolute Gasteiger partial charge is 0.257 e. The van der Waals surface area contributed by atoms with Crippen LogP contribution in [-0.4, -0.2) is 80.5 Å². The van der Waals surface area contributed by atoms with E-state index in [4.69, 9.17) is 4.74 Å². The summed E-state index contributed by atoms with van der Waals surface area (Å²) in [6.07, 6.45) is 9.66. The minimum absolute atomic E-state index is 0.0437.